The molecule has 1 aliphatic heterocycles. The van der Waals surface area contributed by atoms with Gasteiger partial charge in [-0.15, -0.1) is 0 Å². The Bertz CT molecular complexity index is 1470. The lowest BCUT2D eigenvalue weighted by Gasteiger charge is -2.48. The topological polar surface area (TPSA) is 180 Å². The molecule has 0 radical (unpaired) electrons. The van der Waals surface area contributed by atoms with E-state index in [0.29, 0.717) is 23.3 Å². The van der Waals surface area contributed by atoms with Crippen molar-refractivity contribution in [3.8, 4) is 11.5 Å². The number of hydrogen-bond acceptors (Lipinski definition) is 10. The number of aryl methyl sites for hydroxylation is 1. The van der Waals surface area contributed by atoms with Crippen LogP contribution in [0.15, 0.2) is 21.3 Å². The Morgan fingerprint density at radius 2 is 1.80 bits per heavy atom. The molecule has 1 aromatic heterocycles. The second-order valence-corrected chi connectivity index (χ2v) is 13.8. The summed E-state index contributed by atoms with van der Waals surface area (Å²) in [6.07, 6.45) is -0.0893. The minimum absolute atomic E-state index is 0.0437. The number of benzene rings is 1. The molecule has 2 aliphatic carbocycles. The van der Waals surface area contributed by atoms with Crippen molar-refractivity contribution >= 4 is 28.7 Å². The third-order valence-electron chi connectivity index (χ3n) is 9.82. The van der Waals surface area contributed by atoms with E-state index in [1.54, 1.807) is 20.8 Å². The van der Waals surface area contributed by atoms with E-state index in [1.165, 1.54) is 19.2 Å². The van der Waals surface area contributed by atoms with Crippen LogP contribution < -0.4 is 21.4 Å². The van der Waals surface area contributed by atoms with E-state index in [2.05, 4.69) is 12.2 Å². The first-order chi connectivity index (χ1) is 20.6. The zero-order chi connectivity index (χ0) is 32.1. The van der Waals surface area contributed by atoms with Gasteiger partial charge in [-0.3, -0.25) is 4.79 Å². The van der Waals surface area contributed by atoms with Gasteiger partial charge in [-0.1, -0.05) is 13.8 Å². The summed E-state index contributed by atoms with van der Waals surface area (Å²) >= 11 is 0. The van der Waals surface area contributed by atoms with Crippen molar-refractivity contribution in [3.05, 3.63) is 28.1 Å². The van der Waals surface area contributed by atoms with Crippen LogP contribution >= 0.6 is 0 Å². The number of fused-ring (bicyclic) bond motifs is 3. The van der Waals surface area contributed by atoms with Gasteiger partial charge in [0.15, 0.2) is 17.5 Å². The summed E-state index contributed by atoms with van der Waals surface area (Å²) < 4.78 is 28.2. The summed E-state index contributed by atoms with van der Waals surface area (Å²) in [6.45, 7) is 9.43. The summed E-state index contributed by atoms with van der Waals surface area (Å²) in [6, 6.07) is 3.02. The predicted octanol–water partition coefficient (Wildman–Crippen LogP) is 4.20. The predicted molar refractivity (Wildman–Crippen MR) is 160 cm³/mol. The molecular weight excluding hydrogens is 572 g/mol. The number of aromatic hydroxyl groups is 1. The lowest BCUT2D eigenvalue weighted by atomic mass is 9.59. The molecule has 44 heavy (non-hydrogen) atoms. The van der Waals surface area contributed by atoms with Crippen LogP contribution in [0.3, 0.4) is 0 Å². The van der Waals surface area contributed by atoms with Crippen molar-refractivity contribution in [2.75, 3.05) is 19.0 Å². The van der Waals surface area contributed by atoms with E-state index in [-0.39, 0.29) is 34.9 Å². The number of carbonyl (C=O) groups is 2. The standard InChI is InChI=1S/C32H44N2O10/c1-15-9-17-11-18(10-15)13-32(5,12-17)29(38)34-22-23(35)19-7-8-21(16(2)25(19)42-27(22)37)41-28-24(36)26(43-30(33)39)20(14-40-6)31(3,4)44-28/h7-8,15,17-18,20,24,26,28,35-36H,9-14H2,1-6H3,(H2,33,39)(H,34,38)/t15?,17?,18?,20?,24?,26?,28-,32?/m1/s1. The number of carbonyl (C=O) groups excluding carboxylic acids is 2. The highest BCUT2D eigenvalue weighted by molar-refractivity contribution is 6.00. The minimum atomic E-state index is -1.44. The highest BCUT2D eigenvalue weighted by Gasteiger charge is 2.52. The van der Waals surface area contributed by atoms with E-state index >= 15 is 0 Å². The maximum atomic E-state index is 13.5. The van der Waals surface area contributed by atoms with Gasteiger partial charge in [0.2, 0.25) is 12.2 Å². The van der Waals surface area contributed by atoms with E-state index in [1.807, 2.05) is 6.92 Å². The van der Waals surface area contributed by atoms with E-state index in [9.17, 15) is 24.6 Å². The minimum Gasteiger partial charge on any atom is -0.505 e. The molecule has 2 heterocycles. The molecule has 1 saturated heterocycles. The molecule has 5 rings (SSSR count). The Morgan fingerprint density at radius 3 is 2.41 bits per heavy atom. The normalized spacial score (nSPS) is 33.0. The number of rotatable bonds is 7. The molecule has 6 atom stereocenters. The van der Waals surface area contributed by atoms with Gasteiger partial charge >= 0.3 is 11.7 Å². The van der Waals surface area contributed by atoms with Gasteiger partial charge in [-0.2, -0.15) is 0 Å². The monoisotopic (exact) mass is 616 g/mol. The van der Waals surface area contributed by atoms with Gasteiger partial charge in [0, 0.05) is 18.1 Å². The number of primary amides is 1. The fourth-order valence-corrected chi connectivity index (χ4v) is 7.87. The Kier molecular flexibility index (Phi) is 8.65. The Labute approximate surface area is 256 Å². The van der Waals surface area contributed by atoms with Crippen LogP contribution in [0.1, 0.15) is 65.4 Å². The van der Waals surface area contributed by atoms with Crippen molar-refractivity contribution in [2.24, 2.45) is 34.8 Å². The maximum absolute atomic E-state index is 13.5. The molecule has 2 bridgehead atoms. The first-order valence-electron chi connectivity index (χ1n) is 15.2. The van der Waals surface area contributed by atoms with Crippen molar-refractivity contribution in [1.29, 1.82) is 0 Å². The van der Waals surface area contributed by atoms with Crippen LogP contribution in [0.5, 0.6) is 11.5 Å². The molecule has 12 nitrogen and oxygen atoms in total. The highest BCUT2D eigenvalue weighted by atomic mass is 16.7. The van der Waals surface area contributed by atoms with Crippen LogP contribution in [-0.2, 0) is 19.0 Å². The zero-order valence-electron chi connectivity index (χ0n) is 26.2. The van der Waals surface area contributed by atoms with Gasteiger partial charge in [0.1, 0.15) is 17.4 Å². The second kappa shape index (κ2) is 11.9. The van der Waals surface area contributed by atoms with Gasteiger partial charge in [0.25, 0.3) is 0 Å². The van der Waals surface area contributed by atoms with E-state index in [4.69, 9.17) is 29.1 Å². The summed E-state index contributed by atoms with van der Waals surface area (Å²) in [5.41, 5.74) is 2.85. The number of nitrogens with one attached hydrogen (secondary N) is 1. The third kappa shape index (κ3) is 5.99. The van der Waals surface area contributed by atoms with Crippen LogP contribution in [0.4, 0.5) is 10.5 Å². The molecule has 5 unspecified atom stereocenters. The number of hydrogen-bond donors (Lipinski definition) is 4. The quantitative estimate of drug-likeness (QED) is 0.329. The lowest BCUT2D eigenvalue weighted by Crippen LogP contribution is -2.62. The molecular formula is C32H44N2O10. The molecule has 5 N–H and O–H groups in total. The van der Waals surface area contributed by atoms with Crippen molar-refractivity contribution < 1.29 is 43.2 Å². The maximum Gasteiger partial charge on any atom is 0.404 e. The smallest absolute Gasteiger partial charge is 0.404 e. The summed E-state index contributed by atoms with van der Waals surface area (Å²) in [7, 11) is 1.48. The molecule has 12 heteroatoms. The summed E-state index contributed by atoms with van der Waals surface area (Å²) in [5, 5.41) is 25.1. The third-order valence-corrected chi connectivity index (χ3v) is 9.82. The fourth-order valence-electron chi connectivity index (χ4n) is 7.87. The average Bonchev–Trinajstić information content (AvgIpc) is 2.92. The molecule has 3 fully saturated rings. The number of aliphatic hydroxyl groups is 1. The number of aliphatic hydroxyl groups excluding tert-OH is 1. The van der Waals surface area contributed by atoms with Crippen molar-refractivity contribution in [2.45, 2.75) is 90.8 Å². The Morgan fingerprint density at radius 1 is 1.14 bits per heavy atom. The molecule has 2 amide bonds. The zero-order valence-corrected chi connectivity index (χ0v) is 26.2. The highest BCUT2D eigenvalue weighted by Crippen LogP contribution is 2.51. The number of anilines is 1. The summed E-state index contributed by atoms with van der Waals surface area (Å²) in [4.78, 5) is 38.3. The number of ether oxygens (including phenoxy) is 4. The van der Waals surface area contributed by atoms with Gasteiger partial charge in [-0.25, -0.2) is 9.59 Å². The number of amides is 2. The molecule has 0 spiro atoms. The van der Waals surface area contributed by atoms with Crippen LogP contribution in [-0.4, -0.2) is 60.0 Å². The second-order valence-electron chi connectivity index (χ2n) is 13.8. The van der Waals surface area contributed by atoms with Crippen LogP contribution in [0, 0.1) is 36.0 Å². The first kappa shape index (κ1) is 32.1. The Balaban J connectivity index is 1.40. The molecule has 2 saturated carbocycles. The first-order valence-corrected chi connectivity index (χ1v) is 15.2. The van der Waals surface area contributed by atoms with Crippen molar-refractivity contribution in [1.82, 2.24) is 0 Å². The van der Waals surface area contributed by atoms with Crippen LogP contribution in [0.2, 0.25) is 0 Å². The fraction of sp³-hybridized carbons (Fsp3) is 0.656. The van der Waals surface area contributed by atoms with E-state index < -0.39 is 52.9 Å². The van der Waals surface area contributed by atoms with Gasteiger partial charge < -0.3 is 44.6 Å². The molecule has 1 aromatic carbocycles. The Hall–Kier alpha value is -3.35. The van der Waals surface area contributed by atoms with Crippen LogP contribution in [0.25, 0.3) is 11.0 Å². The van der Waals surface area contributed by atoms with E-state index in [0.717, 1.165) is 32.1 Å². The van der Waals surface area contributed by atoms with Gasteiger partial charge in [-0.05, 0) is 82.8 Å². The molecule has 242 valence electrons. The largest absolute Gasteiger partial charge is 0.505 e. The number of nitrogens with two attached hydrogens (primary N) is 1. The SMILES string of the molecule is COCC1C(OC(N)=O)C(O)[C@H](Oc2ccc3c(O)c(NC(=O)C4(C)CC5CC(C)CC(C5)C4)c(=O)oc3c2C)OC1(C)C. The van der Waals surface area contributed by atoms with Crippen molar-refractivity contribution in [3.63, 3.8) is 0 Å². The average molecular weight is 617 g/mol. The molecule has 3 aliphatic rings. The molecule has 2 aromatic rings. The number of methoxy groups -OCH3 is 1. The lowest BCUT2D eigenvalue weighted by molar-refractivity contribution is -0.291. The summed E-state index contributed by atoms with van der Waals surface area (Å²) in [5.74, 6) is 0.515. The van der Waals surface area contributed by atoms with Gasteiger partial charge in [0.05, 0.1) is 23.5 Å².